The molecule has 2 nitrogen and oxygen atoms in total. The molecule has 0 spiro atoms. The van der Waals surface area contributed by atoms with Gasteiger partial charge in [0, 0.05) is 0 Å². The molecule has 2 atom stereocenters. The van der Waals surface area contributed by atoms with Gasteiger partial charge in [0.05, 0.1) is 12.7 Å². The smallest absolute Gasteiger partial charge is 0.115 e. The first-order chi connectivity index (χ1) is 5.08. The van der Waals surface area contributed by atoms with Crippen molar-refractivity contribution < 1.29 is 9.84 Å². The molecule has 0 aromatic heterocycles. The highest BCUT2D eigenvalue weighted by Crippen LogP contribution is 2.38. The predicted octanol–water partition coefficient (Wildman–Crippen LogP) is 1.49. The molecular weight excluding hydrogens is 140 g/mol. The summed E-state index contributed by atoms with van der Waals surface area (Å²) in [6.45, 7) is 6.21. The van der Waals surface area contributed by atoms with Gasteiger partial charge in [-0.1, -0.05) is 11.6 Å². The minimum Gasteiger partial charge on any atom is -0.393 e. The first-order valence-electron chi connectivity index (χ1n) is 4.00. The van der Waals surface area contributed by atoms with E-state index in [0.717, 1.165) is 6.42 Å². The third-order valence-corrected chi connectivity index (χ3v) is 2.09. The van der Waals surface area contributed by atoms with Crippen molar-refractivity contribution in [1.82, 2.24) is 0 Å². The summed E-state index contributed by atoms with van der Waals surface area (Å²) in [7, 11) is 0. The van der Waals surface area contributed by atoms with Crippen LogP contribution in [0.15, 0.2) is 11.6 Å². The van der Waals surface area contributed by atoms with Crippen molar-refractivity contribution >= 4 is 0 Å². The average Bonchev–Trinajstić information content (AvgIpc) is 2.59. The first kappa shape index (κ1) is 8.75. The molecule has 0 aromatic rings. The summed E-state index contributed by atoms with van der Waals surface area (Å²) in [5.74, 6) is 0. The Morgan fingerprint density at radius 1 is 1.64 bits per heavy atom. The molecule has 0 bridgehead atoms. The van der Waals surface area contributed by atoms with Crippen LogP contribution >= 0.6 is 0 Å². The summed E-state index contributed by atoms with van der Waals surface area (Å²) < 4.78 is 5.31. The van der Waals surface area contributed by atoms with Crippen LogP contribution in [0.5, 0.6) is 0 Å². The number of hydrogen-bond donors (Lipinski definition) is 1. The molecule has 64 valence electrons. The largest absolute Gasteiger partial charge is 0.393 e. The van der Waals surface area contributed by atoms with Crippen molar-refractivity contribution in [3.8, 4) is 0 Å². The Labute approximate surface area is 67.9 Å². The maximum absolute atomic E-state index is 8.86. The number of epoxide rings is 1. The van der Waals surface area contributed by atoms with Crippen molar-refractivity contribution in [1.29, 1.82) is 0 Å². The zero-order valence-corrected chi connectivity index (χ0v) is 7.42. The molecule has 2 heteroatoms. The molecule has 11 heavy (non-hydrogen) atoms. The molecule has 0 radical (unpaired) electrons. The topological polar surface area (TPSA) is 32.8 Å². The summed E-state index contributed by atoms with van der Waals surface area (Å²) in [5.41, 5.74) is 1.06. The van der Waals surface area contributed by atoms with Gasteiger partial charge >= 0.3 is 0 Å². The van der Waals surface area contributed by atoms with Crippen LogP contribution in [-0.2, 0) is 4.74 Å². The Bertz CT molecular complexity index is 170. The maximum atomic E-state index is 8.86. The van der Waals surface area contributed by atoms with Gasteiger partial charge in [0.15, 0.2) is 0 Å². The van der Waals surface area contributed by atoms with Gasteiger partial charge in [-0.15, -0.1) is 0 Å². The molecule has 1 rings (SSSR count). The van der Waals surface area contributed by atoms with E-state index in [1.165, 1.54) is 5.57 Å². The molecule has 0 amide bonds. The molecular formula is C9H16O2. The van der Waals surface area contributed by atoms with Crippen LogP contribution in [0.2, 0.25) is 0 Å². The van der Waals surface area contributed by atoms with E-state index in [9.17, 15) is 0 Å². The Balaban J connectivity index is 2.29. The second kappa shape index (κ2) is 2.95. The van der Waals surface area contributed by atoms with Crippen molar-refractivity contribution in [3.05, 3.63) is 11.6 Å². The summed E-state index contributed by atoms with van der Waals surface area (Å²) in [4.78, 5) is 0. The number of allylic oxidation sites excluding steroid dienone is 1. The van der Waals surface area contributed by atoms with Crippen LogP contribution in [0, 0.1) is 0 Å². The quantitative estimate of drug-likeness (QED) is 0.496. The standard InChI is InChI=1S/C9H16O2/c1-7(2)4-5-8-9(3,6-10)11-8/h4,8,10H,5-6H2,1-3H3/t8-,9-/m0/s1. The van der Waals surface area contributed by atoms with E-state index in [4.69, 9.17) is 9.84 Å². The van der Waals surface area contributed by atoms with Gasteiger partial charge in [-0.25, -0.2) is 0 Å². The van der Waals surface area contributed by atoms with Crippen molar-refractivity contribution in [2.45, 2.75) is 38.9 Å². The Morgan fingerprint density at radius 2 is 2.27 bits per heavy atom. The Kier molecular flexibility index (Phi) is 2.35. The van der Waals surface area contributed by atoms with Gasteiger partial charge in [0.25, 0.3) is 0 Å². The summed E-state index contributed by atoms with van der Waals surface area (Å²) in [6.07, 6.45) is 3.31. The Hall–Kier alpha value is -0.340. The first-order valence-corrected chi connectivity index (χ1v) is 4.00. The van der Waals surface area contributed by atoms with Crippen LogP contribution in [0.25, 0.3) is 0 Å². The lowest BCUT2D eigenvalue weighted by Gasteiger charge is -1.97. The molecule has 0 aromatic carbocycles. The normalized spacial score (nSPS) is 35.1. The number of hydrogen-bond acceptors (Lipinski definition) is 2. The number of aliphatic hydroxyl groups is 1. The van der Waals surface area contributed by atoms with Crippen molar-refractivity contribution in [2.75, 3.05) is 6.61 Å². The third-order valence-electron chi connectivity index (χ3n) is 2.09. The van der Waals surface area contributed by atoms with Crippen LogP contribution in [0.1, 0.15) is 27.2 Å². The molecule has 0 saturated carbocycles. The van der Waals surface area contributed by atoms with Gasteiger partial charge in [0.2, 0.25) is 0 Å². The highest BCUT2D eigenvalue weighted by Gasteiger charge is 2.50. The Morgan fingerprint density at radius 3 is 2.64 bits per heavy atom. The molecule has 1 aliphatic heterocycles. The molecule has 1 fully saturated rings. The lowest BCUT2D eigenvalue weighted by molar-refractivity contribution is 0.184. The van der Waals surface area contributed by atoms with Gasteiger partial charge < -0.3 is 9.84 Å². The molecule has 1 saturated heterocycles. The van der Waals surface area contributed by atoms with Gasteiger partial charge in [-0.2, -0.15) is 0 Å². The zero-order chi connectivity index (χ0) is 8.48. The lowest BCUT2D eigenvalue weighted by Crippen LogP contribution is -2.14. The predicted molar refractivity (Wildman–Crippen MR) is 44.4 cm³/mol. The molecule has 0 aliphatic carbocycles. The molecule has 1 N–H and O–H groups in total. The van der Waals surface area contributed by atoms with E-state index in [1.807, 2.05) is 6.92 Å². The number of aliphatic hydroxyl groups excluding tert-OH is 1. The second-order valence-electron chi connectivity index (χ2n) is 3.59. The van der Waals surface area contributed by atoms with Crippen LogP contribution in [0.4, 0.5) is 0 Å². The molecule has 1 aliphatic rings. The third kappa shape index (κ3) is 2.04. The van der Waals surface area contributed by atoms with Gasteiger partial charge in [-0.3, -0.25) is 0 Å². The fraction of sp³-hybridized carbons (Fsp3) is 0.778. The second-order valence-corrected chi connectivity index (χ2v) is 3.59. The monoisotopic (exact) mass is 156 g/mol. The molecule has 0 unspecified atom stereocenters. The van der Waals surface area contributed by atoms with E-state index in [1.54, 1.807) is 0 Å². The summed E-state index contributed by atoms with van der Waals surface area (Å²) in [6, 6.07) is 0. The summed E-state index contributed by atoms with van der Waals surface area (Å²) >= 11 is 0. The fourth-order valence-corrected chi connectivity index (χ4v) is 1.07. The maximum Gasteiger partial charge on any atom is 0.115 e. The van der Waals surface area contributed by atoms with E-state index in [0.29, 0.717) is 0 Å². The number of rotatable bonds is 3. The van der Waals surface area contributed by atoms with Crippen molar-refractivity contribution in [3.63, 3.8) is 0 Å². The highest BCUT2D eigenvalue weighted by atomic mass is 16.6. The average molecular weight is 156 g/mol. The zero-order valence-electron chi connectivity index (χ0n) is 7.42. The fourth-order valence-electron chi connectivity index (χ4n) is 1.07. The number of ether oxygens (including phenoxy) is 1. The highest BCUT2D eigenvalue weighted by molar-refractivity contribution is 5.05. The van der Waals surface area contributed by atoms with Crippen LogP contribution in [0.3, 0.4) is 0 Å². The SMILES string of the molecule is CC(C)=CC[C@@H]1O[C@@]1(C)CO. The van der Waals surface area contributed by atoms with Crippen LogP contribution < -0.4 is 0 Å². The lowest BCUT2D eigenvalue weighted by atomic mass is 10.1. The summed E-state index contributed by atoms with van der Waals surface area (Å²) in [5, 5.41) is 8.86. The van der Waals surface area contributed by atoms with Gasteiger partial charge in [0.1, 0.15) is 5.60 Å². The minimum absolute atomic E-state index is 0.133. The van der Waals surface area contributed by atoms with E-state index in [-0.39, 0.29) is 18.3 Å². The van der Waals surface area contributed by atoms with E-state index < -0.39 is 0 Å². The van der Waals surface area contributed by atoms with Gasteiger partial charge in [-0.05, 0) is 27.2 Å². The van der Waals surface area contributed by atoms with E-state index >= 15 is 0 Å². The molecule has 1 heterocycles. The van der Waals surface area contributed by atoms with Crippen LogP contribution in [-0.4, -0.2) is 23.4 Å². The van der Waals surface area contributed by atoms with Crippen molar-refractivity contribution in [2.24, 2.45) is 0 Å². The minimum atomic E-state index is -0.244. The van der Waals surface area contributed by atoms with E-state index in [2.05, 4.69) is 19.9 Å².